The normalized spacial score (nSPS) is 28.7. The van der Waals surface area contributed by atoms with E-state index in [-0.39, 0.29) is 5.54 Å². The molecule has 0 aliphatic carbocycles. The molecule has 1 aromatic rings. The summed E-state index contributed by atoms with van der Waals surface area (Å²) in [6.07, 6.45) is 5.01. The third-order valence-corrected chi connectivity index (χ3v) is 3.12. The van der Waals surface area contributed by atoms with Crippen molar-refractivity contribution in [1.29, 1.82) is 0 Å². The van der Waals surface area contributed by atoms with Gasteiger partial charge in [0, 0.05) is 18.9 Å². The molecule has 0 saturated carbocycles. The first-order valence-electron chi connectivity index (χ1n) is 5.55. The molecule has 0 amide bonds. The summed E-state index contributed by atoms with van der Waals surface area (Å²) in [6.45, 7) is 5.54. The van der Waals surface area contributed by atoms with Gasteiger partial charge in [-0.15, -0.1) is 0 Å². The molecule has 82 valence electrons. The number of pyridine rings is 1. The molecule has 1 saturated heterocycles. The Kier molecular flexibility index (Phi) is 3.03. The number of nitrogens with one attached hydrogen (secondary N) is 1. The highest BCUT2D eigenvalue weighted by molar-refractivity contribution is 5.20. The van der Waals surface area contributed by atoms with Crippen LogP contribution in [0.25, 0.3) is 0 Å². The van der Waals surface area contributed by atoms with Gasteiger partial charge in [-0.25, -0.2) is 0 Å². The van der Waals surface area contributed by atoms with Crippen LogP contribution in [0.15, 0.2) is 24.5 Å². The van der Waals surface area contributed by atoms with E-state index in [2.05, 4.69) is 35.2 Å². The van der Waals surface area contributed by atoms with Crippen molar-refractivity contribution < 1.29 is 0 Å². The largest absolute Gasteiger partial charge is 0.306 e. The fourth-order valence-electron chi connectivity index (χ4n) is 2.27. The maximum Gasteiger partial charge on any atom is 0.0550 e. The number of aromatic nitrogens is 1. The van der Waals surface area contributed by atoms with Crippen molar-refractivity contribution in [2.24, 2.45) is 0 Å². The van der Waals surface area contributed by atoms with E-state index >= 15 is 0 Å². The highest BCUT2D eigenvalue weighted by atomic mass is 15.2. The zero-order chi connectivity index (χ0) is 10.7. The van der Waals surface area contributed by atoms with Crippen molar-refractivity contribution in [2.45, 2.75) is 18.9 Å². The van der Waals surface area contributed by atoms with Crippen molar-refractivity contribution in [2.75, 3.05) is 26.7 Å². The van der Waals surface area contributed by atoms with Crippen molar-refractivity contribution in [3.05, 3.63) is 30.1 Å². The van der Waals surface area contributed by atoms with Crippen LogP contribution in [-0.4, -0.2) is 36.6 Å². The predicted octanol–water partition coefficient (Wildman–Crippen LogP) is 1.22. The molecule has 1 N–H and O–H groups in total. The lowest BCUT2D eigenvalue weighted by Gasteiger charge is -2.32. The van der Waals surface area contributed by atoms with Crippen LogP contribution in [0, 0.1) is 0 Å². The average molecular weight is 205 g/mol. The lowest BCUT2D eigenvalue weighted by Crippen LogP contribution is -2.45. The molecule has 3 heteroatoms. The van der Waals surface area contributed by atoms with Crippen LogP contribution >= 0.6 is 0 Å². The SMILES string of the molecule is CN1CCCNC(C)(c2cccnc2)C1. The van der Waals surface area contributed by atoms with Crippen LogP contribution in [0.2, 0.25) is 0 Å². The highest BCUT2D eigenvalue weighted by Crippen LogP contribution is 2.22. The molecule has 0 bridgehead atoms. The van der Waals surface area contributed by atoms with Gasteiger partial charge in [0.25, 0.3) is 0 Å². The van der Waals surface area contributed by atoms with E-state index < -0.39 is 0 Å². The minimum Gasteiger partial charge on any atom is -0.306 e. The minimum absolute atomic E-state index is 0.0412. The van der Waals surface area contributed by atoms with Crippen LogP contribution in [0.4, 0.5) is 0 Å². The Hall–Kier alpha value is -0.930. The monoisotopic (exact) mass is 205 g/mol. The number of likely N-dealkylation sites (N-methyl/N-ethyl adjacent to an activating group) is 1. The molecular formula is C12H19N3. The van der Waals surface area contributed by atoms with Gasteiger partial charge in [0.2, 0.25) is 0 Å². The fourth-order valence-corrected chi connectivity index (χ4v) is 2.27. The van der Waals surface area contributed by atoms with Gasteiger partial charge in [-0.3, -0.25) is 4.98 Å². The number of nitrogens with zero attached hydrogens (tertiary/aromatic N) is 2. The Balaban J connectivity index is 2.24. The van der Waals surface area contributed by atoms with Gasteiger partial charge in [-0.05, 0) is 45.1 Å². The van der Waals surface area contributed by atoms with E-state index in [9.17, 15) is 0 Å². The lowest BCUT2D eigenvalue weighted by molar-refractivity contribution is 0.259. The van der Waals surface area contributed by atoms with Gasteiger partial charge in [-0.1, -0.05) is 6.07 Å². The molecule has 3 nitrogen and oxygen atoms in total. The van der Waals surface area contributed by atoms with E-state index in [0.717, 1.165) is 13.1 Å². The Bertz CT molecular complexity index is 312. The van der Waals surface area contributed by atoms with Crippen molar-refractivity contribution in [3.63, 3.8) is 0 Å². The molecule has 0 spiro atoms. The number of rotatable bonds is 1. The van der Waals surface area contributed by atoms with Crippen LogP contribution in [-0.2, 0) is 5.54 Å². The van der Waals surface area contributed by atoms with Crippen molar-refractivity contribution in [1.82, 2.24) is 15.2 Å². The van der Waals surface area contributed by atoms with Gasteiger partial charge >= 0.3 is 0 Å². The molecule has 0 radical (unpaired) electrons. The quantitative estimate of drug-likeness (QED) is 0.747. The summed E-state index contributed by atoms with van der Waals surface area (Å²) in [4.78, 5) is 6.58. The second-order valence-electron chi connectivity index (χ2n) is 4.59. The summed E-state index contributed by atoms with van der Waals surface area (Å²) in [7, 11) is 2.18. The third kappa shape index (κ3) is 2.36. The standard InChI is InChI=1S/C12H19N3/c1-12(11-5-3-6-13-9-11)10-15(2)8-4-7-14-12/h3,5-6,9,14H,4,7-8,10H2,1-2H3. The highest BCUT2D eigenvalue weighted by Gasteiger charge is 2.29. The predicted molar refractivity (Wildman–Crippen MR) is 61.7 cm³/mol. The lowest BCUT2D eigenvalue weighted by atomic mass is 9.93. The Morgan fingerprint density at radius 1 is 1.53 bits per heavy atom. The first-order valence-corrected chi connectivity index (χ1v) is 5.55. The smallest absolute Gasteiger partial charge is 0.0550 e. The number of hydrogen-bond donors (Lipinski definition) is 1. The summed E-state index contributed by atoms with van der Waals surface area (Å²) in [6, 6.07) is 4.16. The fraction of sp³-hybridized carbons (Fsp3) is 0.583. The summed E-state index contributed by atoms with van der Waals surface area (Å²) in [5.41, 5.74) is 1.32. The maximum absolute atomic E-state index is 4.20. The molecule has 2 rings (SSSR count). The zero-order valence-electron chi connectivity index (χ0n) is 9.53. The average Bonchev–Trinajstić information content (AvgIpc) is 2.42. The van der Waals surface area contributed by atoms with Crippen LogP contribution in [0.1, 0.15) is 18.9 Å². The van der Waals surface area contributed by atoms with Gasteiger partial charge < -0.3 is 10.2 Å². The molecule has 1 aromatic heterocycles. The van der Waals surface area contributed by atoms with Gasteiger partial charge in [0.15, 0.2) is 0 Å². The Morgan fingerprint density at radius 3 is 3.13 bits per heavy atom. The second kappa shape index (κ2) is 4.29. The first kappa shape index (κ1) is 10.6. The van der Waals surface area contributed by atoms with Crippen molar-refractivity contribution >= 4 is 0 Å². The van der Waals surface area contributed by atoms with Gasteiger partial charge in [0.1, 0.15) is 0 Å². The molecule has 15 heavy (non-hydrogen) atoms. The number of hydrogen-bond acceptors (Lipinski definition) is 3. The molecule has 1 aliphatic rings. The molecule has 2 heterocycles. The Morgan fingerprint density at radius 2 is 2.40 bits per heavy atom. The van der Waals surface area contributed by atoms with Crippen LogP contribution < -0.4 is 5.32 Å². The molecular weight excluding hydrogens is 186 g/mol. The summed E-state index contributed by atoms with van der Waals surface area (Å²) < 4.78 is 0. The third-order valence-electron chi connectivity index (χ3n) is 3.12. The minimum atomic E-state index is 0.0412. The molecule has 0 aromatic carbocycles. The maximum atomic E-state index is 4.20. The van der Waals surface area contributed by atoms with E-state index in [1.807, 2.05) is 18.5 Å². The molecule has 1 aliphatic heterocycles. The Labute approximate surface area is 91.5 Å². The van der Waals surface area contributed by atoms with E-state index in [1.54, 1.807) is 0 Å². The molecule has 1 atom stereocenters. The second-order valence-corrected chi connectivity index (χ2v) is 4.59. The summed E-state index contributed by atoms with van der Waals surface area (Å²) >= 11 is 0. The van der Waals surface area contributed by atoms with E-state index in [0.29, 0.717) is 0 Å². The van der Waals surface area contributed by atoms with Gasteiger partial charge in [0.05, 0.1) is 5.54 Å². The summed E-state index contributed by atoms with van der Waals surface area (Å²) in [5, 5.41) is 3.62. The van der Waals surface area contributed by atoms with E-state index in [4.69, 9.17) is 0 Å². The molecule has 1 unspecified atom stereocenters. The van der Waals surface area contributed by atoms with Crippen LogP contribution in [0.3, 0.4) is 0 Å². The van der Waals surface area contributed by atoms with Crippen LogP contribution in [0.5, 0.6) is 0 Å². The molecule has 1 fully saturated rings. The zero-order valence-corrected chi connectivity index (χ0v) is 9.53. The van der Waals surface area contributed by atoms with Crippen molar-refractivity contribution in [3.8, 4) is 0 Å². The van der Waals surface area contributed by atoms with E-state index in [1.165, 1.54) is 18.5 Å². The first-order chi connectivity index (χ1) is 7.21. The topological polar surface area (TPSA) is 28.2 Å². The van der Waals surface area contributed by atoms with Gasteiger partial charge in [-0.2, -0.15) is 0 Å². The summed E-state index contributed by atoms with van der Waals surface area (Å²) in [5.74, 6) is 0.